The van der Waals surface area contributed by atoms with E-state index in [0.717, 1.165) is 11.1 Å². The second-order valence-electron chi connectivity index (χ2n) is 6.54. The number of hydrogen-bond donors (Lipinski definition) is 2. The Morgan fingerprint density at radius 3 is 2.28 bits per heavy atom. The van der Waals surface area contributed by atoms with Gasteiger partial charge in [-0.05, 0) is 22.4 Å². The highest BCUT2D eigenvalue weighted by Gasteiger charge is 2.38. The molecule has 2 aromatic heterocycles. The van der Waals surface area contributed by atoms with Crippen LogP contribution in [0, 0.1) is 0 Å². The Morgan fingerprint density at radius 1 is 1.09 bits per heavy atom. The monoisotopic (exact) mass is 480 g/mol. The maximum Gasteiger partial charge on any atom is 0.490 e. The molecule has 1 aliphatic rings. The molecule has 4 rings (SSSR count). The molecule has 0 aliphatic carbocycles. The molecule has 1 aliphatic heterocycles. The second kappa shape index (κ2) is 9.12. The molecule has 1 aromatic carbocycles. The normalized spacial score (nSPS) is 14.4. The van der Waals surface area contributed by atoms with Crippen LogP contribution in [-0.2, 0) is 29.8 Å². The van der Waals surface area contributed by atoms with Crippen molar-refractivity contribution < 1.29 is 31.9 Å². The van der Waals surface area contributed by atoms with E-state index < -0.39 is 23.4 Å². The Kier molecular flexibility index (Phi) is 6.68. The highest BCUT2D eigenvalue weighted by atomic mass is 35.5. The van der Waals surface area contributed by atoms with Crippen LogP contribution < -0.4 is 0 Å². The Morgan fingerprint density at radius 2 is 1.75 bits per heavy atom. The average Bonchev–Trinajstić information content (AvgIpc) is 3.38. The van der Waals surface area contributed by atoms with E-state index in [9.17, 15) is 22.0 Å². The van der Waals surface area contributed by atoms with Crippen LogP contribution in [0.1, 0.15) is 17.2 Å². The van der Waals surface area contributed by atoms with Gasteiger partial charge >= 0.3 is 17.5 Å². The van der Waals surface area contributed by atoms with Crippen molar-refractivity contribution in [2.75, 3.05) is 6.54 Å². The maximum atomic E-state index is 13.3. The summed E-state index contributed by atoms with van der Waals surface area (Å²) in [4.78, 5) is 11.0. The highest BCUT2D eigenvalue weighted by molar-refractivity contribution is 6.21. The quantitative estimate of drug-likeness (QED) is 0.431. The van der Waals surface area contributed by atoms with E-state index in [-0.39, 0.29) is 0 Å². The summed E-state index contributed by atoms with van der Waals surface area (Å²) in [7, 11) is 0. The molecule has 172 valence electrons. The minimum atomic E-state index is -5.08. The molecule has 0 spiro atoms. The predicted molar refractivity (Wildman–Crippen MR) is 97.2 cm³/mol. The van der Waals surface area contributed by atoms with Crippen molar-refractivity contribution in [1.82, 2.24) is 40.3 Å². The van der Waals surface area contributed by atoms with E-state index in [1.807, 2.05) is 24.3 Å². The molecule has 0 bridgehead atoms. The van der Waals surface area contributed by atoms with Crippen molar-refractivity contribution >= 4 is 17.6 Å². The van der Waals surface area contributed by atoms with Crippen molar-refractivity contribution in [3.8, 4) is 11.4 Å². The van der Waals surface area contributed by atoms with Crippen LogP contribution in [0.15, 0.2) is 24.3 Å². The van der Waals surface area contributed by atoms with Crippen molar-refractivity contribution in [2.45, 2.75) is 31.2 Å². The number of alkyl halides is 6. The lowest BCUT2D eigenvalue weighted by Gasteiger charge is -2.28. The SMILES string of the molecule is FC(F)(Cl)c1nnc2n1CCN(Cc1ccc(-c3nn[nH]n3)cc1)C2.O=C(O)C(F)(F)F. The summed E-state index contributed by atoms with van der Waals surface area (Å²) in [6.45, 7) is 2.09. The second-order valence-corrected chi connectivity index (χ2v) is 7.01. The van der Waals surface area contributed by atoms with Crippen LogP contribution in [0.25, 0.3) is 11.4 Å². The molecule has 0 unspecified atom stereocenters. The number of tetrazole rings is 1. The van der Waals surface area contributed by atoms with Crippen molar-refractivity contribution in [3.05, 3.63) is 41.5 Å². The van der Waals surface area contributed by atoms with Crippen LogP contribution in [-0.4, -0.2) is 64.1 Å². The van der Waals surface area contributed by atoms with Crippen LogP contribution in [0.4, 0.5) is 22.0 Å². The topological polar surface area (TPSA) is 126 Å². The number of benzene rings is 1. The molecule has 0 saturated carbocycles. The lowest BCUT2D eigenvalue weighted by molar-refractivity contribution is -0.192. The van der Waals surface area contributed by atoms with Crippen LogP contribution in [0.2, 0.25) is 0 Å². The standard InChI is InChI=1S/C14H13ClF2N8.C2HF3O2/c15-14(16,17)13-21-18-11-8-24(5-6-25(11)13)7-9-1-3-10(4-2-9)12-19-22-23-20-12;3-2(4,5)1(6)7/h1-4H,5-8H2,(H,19,20,22,23);(H,6,7). The van der Waals surface area contributed by atoms with Crippen molar-refractivity contribution in [3.63, 3.8) is 0 Å². The highest BCUT2D eigenvalue weighted by Crippen LogP contribution is 2.32. The van der Waals surface area contributed by atoms with Gasteiger partial charge < -0.3 is 9.67 Å². The molecule has 0 radical (unpaired) electrons. The first kappa shape index (κ1) is 23.5. The molecular weight excluding hydrogens is 467 g/mol. The minimum Gasteiger partial charge on any atom is -0.475 e. The first-order chi connectivity index (χ1) is 14.9. The number of carboxylic acid groups (broad SMARTS) is 1. The number of H-pyrrole nitrogens is 1. The molecule has 16 heteroatoms. The number of halogens is 6. The summed E-state index contributed by atoms with van der Waals surface area (Å²) in [6.07, 6.45) is -5.08. The molecule has 0 fully saturated rings. The number of nitrogens with one attached hydrogen (secondary N) is 1. The third kappa shape index (κ3) is 5.73. The Balaban J connectivity index is 0.000000360. The van der Waals surface area contributed by atoms with E-state index >= 15 is 0 Å². The fourth-order valence-electron chi connectivity index (χ4n) is 2.85. The van der Waals surface area contributed by atoms with Gasteiger partial charge in [0, 0.05) is 25.2 Å². The van der Waals surface area contributed by atoms with Gasteiger partial charge in [0.05, 0.1) is 6.54 Å². The first-order valence-corrected chi connectivity index (χ1v) is 9.17. The molecular formula is C16H14ClF5N8O2. The van der Waals surface area contributed by atoms with Crippen LogP contribution in [0.5, 0.6) is 0 Å². The third-order valence-corrected chi connectivity index (χ3v) is 4.46. The number of fused-ring (bicyclic) bond motifs is 1. The summed E-state index contributed by atoms with van der Waals surface area (Å²) >= 11 is 5.07. The first-order valence-electron chi connectivity index (χ1n) is 8.79. The molecule has 3 aromatic rings. The van der Waals surface area contributed by atoms with Gasteiger partial charge in [-0.1, -0.05) is 24.3 Å². The van der Waals surface area contributed by atoms with Gasteiger partial charge in [0.2, 0.25) is 11.6 Å². The van der Waals surface area contributed by atoms with Gasteiger partial charge in [0.25, 0.3) is 0 Å². The number of nitrogens with zero attached hydrogens (tertiary/aromatic N) is 7. The molecule has 2 N–H and O–H groups in total. The van der Waals surface area contributed by atoms with Crippen LogP contribution >= 0.6 is 11.6 Å². The molecule has 3 heterocycles. The van der Waals surface area contributed by atoms with Crippen molar-refractivity contribution in [2.24, 2.45) is 0 Å². The Labute approximate surface area is 181 Å². The number of carboxylic acids is 1. The summed E-state index contributed by atoms with van der Waals surface area (Å²) in [5.41, 5.74) is 1.95. The summed E-state index contributed by atoms with van der Waals surface area (Å²) < 4.78 is 59.7. The minimum absolute atomic E-state index is 0.376. The zero-order valence-corrected chi connectivity index (χ0v) is 16.6. The Bertz CT molecular complexity index is 1050. The van der Waals surface area contributed by atoms with Gasteiger partial charge in [-0.2, -0.15) is 27.2 Å². The van der Waals surface area contributed by atoms with Gasteiger partial charge in [0.15, 0.2) is 0 Å². The Hall–Kier alpha value is -3.20. The molecule has 0 amide bonds. The number of carbonyl (C=O) groups is 1. The smallest absolute Gasteiger partial charge is 0.475 e. The van der Waals surface area contributed by atoms with Gasteiger partial charge in [-0.15, -0.1) is 20.4 Å². The lowest BCUT2D eigenvalue weighted by atomic mass is 10.1. The predicted octanol–water partition coefficient (Wildman–Crippen LogP) is 2.40. The van der Waals surface area contributed by atoms with E-state index in [0.29, 0.717) is 37.8 Å². The number of hydrogen-bond acceptors (Lipinski definition) is 7. The van der Waals surface area contributed by atoms with E-state index in [1.54, 1.807) is 0 Å². The van der Waals surface area contributed by atoms with Crippen molar-refractivity contribution in [1.29, 1.82) is 0 Å². The fourth-order valence-corrected chi connectivity index (χ4v) is 2.99. The van der Waals surface area contributed by atoms with Gasteiger partial charge in [0.1, 0.15) is 5.82 Å². The van der Waals surface area contributed by atoms with E-state index in [1.165, 1.54) is 4.57 Å². The van der Waals surface area contributed by atoms with Gasteiger partial charge in [-0.25, -0.2) is 4.79 Å². The van der Waals surface area contributed by atoms with E-state index in [2.05, 4.69) is 35.7 Å². The van der Waals surface area contributed by atoms with E-state index in [4.69, 9.17) is 21.5 Å². The fraction of sp³-hybridized carbons (Fsp3) is 0.375. The number of aromatic nitrogens is 7. The summed E-state index contributed by atoms with van der Waals surface area (Å²) in [6, 6.07) is 7.78. The summed E-state index contributed by atoms with van der Waals surface area (Å²) in [5, 5.41) is 24.8. The lowest BCUT2D eigenvalue weighted by Crippen LogP contribution is -2.34. The molecule has 32 heavy (non-hydrogen) atoms. The zero-order valence-electron chi connectivity index (χ0n) is 15.9. The number of rotatable bonds is 4. The number of aromatic amines is 1. The molecule has 0 saturated heterocycles. The molecule has 0 atom stereocenters. The number of aliphatic carboxylic acids is 1. The summed E-state index contributed by atoms with van der Waals surface area (Å²) in [5.74, 6) is -2.22. The zero-order chi connectivity index (χ0) is 23.5. The average molecular weight is 481 g/mol. The van der Waals surface area contributed by atoms with Crippen LogP contribution in [0.3, 0.4) is 0 Å². The largest absolute Gasteiger partial charge is 0.490 e. The molecule has 10 nitrogen and oxygen atoms in total. The third-order valence-electron chi connectivity index (χ3n) is 4.29. The maximum absolute atomic E-state index is 13.3. The van der Waals surface area contributed by atoms with Gasteiger partial charge in [-0.3, -0.25) is 4.90 Å².